The van der Waals surface area contributed by atoms with E-state index in [9.17, 15) is 12.8 Å². The van der Waals surface area contributed by atoms with Crippen molar-refractivity contribution in [3.63, 3.8) is 0 Å². The molecular formula is C19H15FN4O2S. The number of nitrogens with zero attached hydrogens (tertiary/aromatic N) is 2. The first-order chi connectivity index (χ1) is 12.9. The molecule has 2 N–H and O–H groups in total. The fraction of sp³-hybridized carbons (Fsp3) is 0.0526. The van der Waals surface area contributed by atoms with Crippen molar-refractivity contribution in [2.75, 3.05) is 11.0 Å². The van der Waals surface area contributed by atoms with Crippen LogP contribution < -0.4 is 4.72 Å². The monoisotopic (exact) mass is 382 g/mol. The first kappa shape index (κ1) is 17.2. The molecule has 0 spiro atoms. The number of para-hydroxylation sites is 1. The summed E-state index contributed by atoms with van der Waals surface area (Å²) in [5.74, 6) is -0.467. The average Bonchev–Trinajstić information content (AvgIpc) is 3.08. The minimum atomic E-state index is -3.45. The lowest BCUT2D eigenvalue weighted by Crippen LogP contribution is -2.10. The van der Waals surface area contributed by atoms with E-state index in [1.165, 1.54) is 12.3 Å². The summed E-state index contributed by atoms with van der Waals surface area (Å²) in [6, 6.07) is 13.3. The molecule has 0 saturated carbocycles. The van der Waals surface area contributed by atoms with Gasteiger partial charge in [0.2, 0.25) is 10.0 Å². The van der Waals surface area contributed by atoms with Gasteiger partial charge < -0.3 is 4.98 Å². The van der Waals surface area contributed by atoms with Crippen LogP contribution in [-0.4, -0.2) is 29.6 Å². The molecule has 2 aromatic heterocycles. The number of halogens is 1. The first-order valence-corrected chi connectivity index (χ1v) is 9.97. The largest absolute Gasteiger partial charge is 0.345 e. The van der Waals surface area contributed by atoms with Crippen LogP contribution in [0.2, 0.25) is 0 Å². The third kappa shape index (κ3) is 3.52. The molecule has 0 aliphatic rings. The van der Waals surface area contributed by atoms with E-state index in [4.69, 9.17) is 0 Å². The highest BCUT2D eigenvalue weighted by Gasteiger charge is 2.13. The second-order valence-electron chi connectivity index (χ2n) is 6.08. The Bertz CT molecular complexity index is 1250. The van der Waals surface area contributed by atoms with Gasteiger partial charge in [-0.05, 0) is 29.8 Å². The summed E-state index contributed by atoms with van der Waals surface area (Å²) in [6.07, 6.45) is 4.30. The number of nitrogens with one attached hydrogen (secondary N) is 2. The molecule has 4 aromatic rings. The van der Waals surface area contributed by atoms with E-state index in [0.29, 0.717) is 39.2 Å². The predicted molar refractivity (Wildman–Crippen MR) is 103 cm³/mol. The van der Waals surface area contributed by atoms with Crippen molar-refractivity contribution in [1.29, 1.82) is 0 Å². The van der Waals surface area contributed by atoms with Gasteiger partial charge in [-0.2, -0.15) is 0 Å². The SMILES string of the molecule is CS(=O)(=O)Nc1ccccc1-c1ccc(-c2cnc3[nH]ccc3n2)c(F)c1. The van der Waals surface area contributed by atoms with Crippen LogP contribution in [0, 0.1) is 5.82 Å². The number of hydrogen-bond acceptors (Lipinski definition) is 4. The molecule has 0 atom stereocenters. The fourth-order valence-corrected chi connectivity index (χ4v) is 3.45. The van der Waals surface area contributed by atoms with Gasteiger partial charge in [0.1, 0.15) is 11.3 Å². The van der Waals surface area contributed by atoms with Crippen molar-refractivity contribution in [3.05, 3.63) is 66.7 Å². The quantitative estimate of drug-likeness (QED) is 0.562. The summed E-state index contributed by atoms with van der Waals surface area (Å²) in [4.78, 5) is 11.6. The number of rotatable bonds is 4. The molecule has 0 amide bonds. The highest BCUT2D eigenvalue weighted by molar-refractivity contribution is 7.92. The predicted octanol–water partition coefficient (Wildman–Crippen LogP) is 3.80. The van der Waals surface area contributed by atoms with Gasteiger partial charge in [-0.3, -0.25) is 4.72 Å². The zero-order valence-electron chi connectivity index (χ0n) is 14.3. The van der Waals surface area contributed by atoms with Gasteiger partial charge in [0, 0.05) is 17.3 Å². The molecule has 0 aliphatic heterocycles. The van der Waals surface area contributed by atoms with E-state index >= 15 is 0 Å². The van der Waals surface area contributed by atoms with Crippen molar-refractivity contribution in [2.45, 2.75) is 0 Å². The fourth-order valence-electron chi connectivity index (χ4n) is 2.87. The van der Waals surface area contributed by atoms with Crippen molar-refractivity contribution < 1.29 is 12.8 Å². The van der Waals surface area contributed by atoms with Gasteiger partial charge in [-0.15, -0.1) is 0 Å². The number of H-pyrrole nitrogens is 1. The molecule has 4 rings (SSSR count). The summed E-state index contributed by atoms with van der Waals surface area (Å²) in [7, 11) is -3.45. The van der Waals surface area contributed by atoms with Crippen LogP contribution in [0.25, 0.3) is 33.5 Å². The maximum atomic E-state index is 14.8. The van der Waals surface area contributed by atoms with Crippen LogP contribution in [0.15, 0.2) is 60.9 Å². The Hall–Kier alpha value is -3.26. The summed E-state index contributed by atoms with van der Waals surface area (Å²) in [6.45, 7) is 0. The van der Waals surface area contributed by atoms with Crippen molar-refractivity contribution >= 4 is 26.9 Å². The molecule has 0 fully saturated rings. The molecule has 0 radical (unpaired) electrons. The number of sulfonamides is 1. The standard InChI is InChI=1S/C19H15FN4O2S/c1-27(25,26)24-16-5-3-2-4-13(16)12-6-7-14(15(20)10-12)18-11-22-19-17(23-18)8-9-21-19/h2-11,24H,1H3,(H,21,22). The Kier molecular flexibility index (Phi) is 4.12. The number of aromatic amines is 1. The minimum absolute atomic E-state index is 0.322. The lowest BCUT2D eigenvalue weighted by molar-refractivity contribution is 0.607. The highest BCUT2D eigenvalue weighted by Crippen LogP contribution is 2.32. The molecule has 27 heavy (non-hydrogen) atoms. The zero-order valence-corrected chi connectivity index (χ0v) is 15.1. The molecule has 2 heterocycles. The number of aromatic nitrogens is 3. The van der Waals surface area contributed by atoms with Crippen LogP contribution in [0.5, 0.6) is 0 Å². The normalized spacial score (nSPS) is 11.6. The van der Waals surface area contributed by atoms with Gasteiger partial charge in [-0.1, -0.05) is 24.3 Å². The Labute approximate surface area is 155 Å². The lowest BCUT2D eigenvalue weighted by Gasteiger charge is -2.12. The number of benzene rings is 2. The summed E-state index contributed by atoms with van der Waals surface area (Å²) >= 11 is 0. The van der Waals surface area contributed by atoms with Crippen LogP contribution >= 0.6 is 0 Å². The first-order valence-electron chi connectivity index (χ1n) is 8.08. The van der Waals surface area contributed by atoms with E-state index in [-0.39, 0.29) is 0 Å². The second-order valence-corrected chi connectivity index (χ2v) is 7.83. The molecule has 0 saturated heterocycles. The van der Waals surface area contributed by atoms with Crippen LogP contribution in [-0.2, 0) is 10.0 Å². The van der Waals surface area contributed by atoms with Gasteiger partial charge >= 0.3 is 0 Å². The van der Waals surface area contributed by atoms with E-state index in [1.807, 2.05) is 0 Å². The highest BCUT2D eigenvalue weighted by atomic mass is 32.2. The second kappa shape index (κ2) is 6.48. The molecule has 6 nitrogen and oxygen atoms in total. The van der Waals surface area contributed by atoms with Crippen LogP contribution in [0.1, 0.15) is 0 Å². The Morgan fingerprint density at radius 2 is 1.89 bits per heavy atom. The average molecular weight is 382 g/mol. The third-order valence-corrected chi connectivity index (χ3v) is 4.63. The van der Waals surface area contributed by atoms with Gasteiger partial charge in [0.05, 0.1) is 23.8 Å². The van der Waals surface area contributed by atoms with Crippen molar-refractivity contribution in [3.8, 4) is 22.4 Å². The Balaban J connectivity index is 1.76. The van der Waals surface area contributed by atoms with Gasteiger partial charge in [0.25, 0.3) is 0 Å². The topological polar surface area (TPSA) is 87.7 Å². The smallest absolute Gasteiger partial charge is 0.229 e. The molecule has 8 heteroatoms. The van der Waals surface area contributed by atoms with E-state index < -0.39 is 15.8 Å². The molecule has 2 aromatic carbocycles. The lowest BCUT2D eigenvalue weighted by atomic mass is 10.0. The van der Waals surface area contributed by atoms with E-state index in [1.54, 1.807) is 48.7 Å². The van der Waals surface area contributed by atoms with Crippen LogP contribution in [0.3, 0.4) is 0 Å². The molecule has 0 aliphatic carbocycles. The van der Waals surface area contributed by atoms with Crippen LogP contribution in [0.4, 0.5) is 10.1 Å². The molecule has 0 bridgehead atoms. The maximum absolute atomic E-state index is 14.8. The molecule has 0 unspecified atom stereocenters. The Morgan fingerprint density at radius 3 is 2.67 bits per heavy atom. The summed E-state index contributed by atoms with van der Waals surface area (Å²) in [5.41, 5.74) is 3.56. The third-order valence-electron chi connectivity index (χ3n) is 4.04. The Morgan fingerprint density at radius 1 is 1.07 bits per heavy atom. The number of fused-ring (bicyclic) bond motifs is 1. The summed E-state index contributed by atoms with van der Waals surface area (Å²) < 4.78 is 40.4. The number of anilines is 1. The zero-order chi connectivity index (χ0) is 19.0. The molecular weight excluding hydrogens is 367 g/mol. The van der Waals surface area contributed by atoms with Crippen molar-refractivity contribution in [2.24, 2.45) is 0 Å². The van der Waals surface area contributed by atoms with E-state index in [0.717, 1.165) is 6.26 Å². The van der Waals surface area contributed by atoms with Crippen molar-refractivity contribution in [1.82, 2.24) is 15.0 Å². The maximum Gasteiger partial charge on any atom is 0.229 e. The van der Waals surface area contributed by atoms with E-state index in [2.05, 4.69) is 19.7 Å². The summed E-state index contributed by atoms with van der Waals surface area (Å²) in [5, 5.41) is 0. The van der Waals surface area contributed by atoms with Gasteiger partial charge in [-0.25, -0.2) is 22.8 Å². The molecule has 136 valence electrons. The minimum Gasteiger partial charge on any atom is -0.345 e. The number of hydrogen-bond donors (Lipinski definition) is 2. The van der Waals surface area contributed by atoms with Gasteiger partial charge in [0.15, 0.2) is 5.65 Å².